The molecule has 2 aromatic carbocycles. The molecule has 1 N–H and O–H groups in total. The minimum Gasteiger partial charge on any atom is -0.490 e. The van der Waals surface area contributed by atoms with Crippen molar-refractivity contribution in [1.82, 2.24) is 10.2 Å². The second-order valence-electron chi connectivity index (χ2n) is 7.74. The zero-order valence-corrected chi connectivity index (χ0v) is 18.5. The lowest BCUT2D eigenvalue weighted by molar-refractivity contribution is 0.0792. The Morgan fingerprint density at radius 3 is 2.32 bits per heavy atom. The summed E-state index contributed by atoms with van der Waals surface area (Å²) in [5.41, 5.74) is 2.07. The Labute approximate surface area is 184 Å². The highest BCUT2D eigenvalue weighted by Gasteiger charge is 2.19. The maximum atomic E-state index is 12.7. The Morgan fingerprint density at radius 1 is 0.903 bits per heavy atom. The van der Waals surface area contributed by atoms with Crippen LogP contribution in [0.25, 0.3) is 0 Å². The quantitative estimate of drug-likeness (QED) is 0.613. The standard InChI is InChI=1S/C25H32N2O4/c1-3-14-30-22-11-10-20(17-23(22)31-15-4-2)24(28)26-18-19-8-7-9-21(16-19)25(29)27-12-5-6-13-27/h7-11,16-17H,3-6,12-15,18H2,1-2H3,(H,26,28). The average Bonchev–Trinajstić information content (AvgIpc) is 3.34. The molecule has 6 heteroatoms. The smallest absolute Gasteiger partial charge is 0.253 e. The van der Waals surface area contributed by atoms with Gasteiger partial charge in [-0.25, -0.2) is 0 Å². The second kappa shape index (κ2) is 11.4. The van der Waals surface area contributed by atoms with Gasteiger partial charge in [0, 0.05) is 30.8 Å². The highest BCUT2D eigenvalue weighted by Crippen LogP contribution is 2.29. The molecule has 0 bridgehead atoms. The summed E-state index contributed by atoms with van der Waals surface area (Å²) in [4.78, 5) is 27.2. The molecule has 0 aliphatic carbocycles. The highest BCUT2D eigenvalue weighted by molar-refractivity contribution is 5.95. The van der Waals surface area contributed by atoms with E-state index >= 15 is 0 Å². The molecule has 0 saturated carbocycles. The number of nitrogens with zero attached hydrogens (tertiary/aromatic N) is 1. The van der Waals surface area contributed by atoms with E-state index in [-0.39, 0.29) is 11.8 Å². The lowest BCUT2D eigenvalue weighted by atomic mass is 10.1. The van der Waals surface area contributed by atoms with E-state index in [0.717, 1.165) is 44.3 Å². The van der Waals surface area contributed by atoms with Crippen LogP contribution in [0.5, 0.6) is 11.5 Å². The average molecular weight is 425 g/mol. The maximum absolute atomic E-state index is 12.7. The third-order valence-electron chi connectivity index (χ3n) is 5.15. The molecule has 0 aromatic heterocycles. The molecule has 2 amide bonds. The molecule has 2 aromatic rings. The van der Waals surface area contributed by atoms with Gasteiger partial charge in [0.2, 0.25) is 0 Å². The second-order valence-corrected chi connectivity index (χ2v) is 7.74. The van der Waals surface area contributed by atoms with Crippen molar-refractivity contribution in [3.05, 3.63) is 59.2 Å². The number of ether oxygens (including phenoxy) is 2. The van der Waals surface area contributed by atoms with E-state index in [9.17, 15) is 9.59 Å². The van der Waals surface area contributed by atoms with Crippen molar-refractivity contribution in [3.63, 3.8) is 0 Å². The molecule has 31 heavy (non-hydrogen) atoms. The number of nitrogens with one attached hydrogen (secondary N) is 1. The number of benzene rings is 2. The van der Waals surface area contributed by atoms with Crippen molar-refractivity contribution in [3.8, 4) is 11.5 Å². The van der Waals surface area contributed by atoms with Gasteiger partial charge in [0.25, 0.3) is 11.8 Å². The fourth-order valence-electron chi connectivity index (χ4n) is 3.51. The van der Waals surface area contributed by atoms with E-state index in [1.807, 2.05) is 43.0 Å². The lowest BCUT2D eigenvalue weighted by Crippen LogP contribution is -2.28. The van der Waals surface area contributed by atoms with Gasteiger partial charge in [-0.15, -0.1) is 0 Å². The lowest BCUT2D eigenvalue weighted by Gasteiger charge is -2.16. The van der Waals surface area contributed by atoms with Crippen LogP contribution in [-0.2, 0) is 6.54 Å². The number of amides is 2. The van der Waals surface area contributed by atoms with Crippen molar-refractivity contribution in [1.29, 1.82) is 0 Å². The molecule has 1 fully saturated rings. The van der Waals surface area contributed by atoms with Gasteiger partial charge in [0.05, 0.1) is 13.2 Å². The van der Waals surface area contributed by atoms with Crippen LogP contribution in [0.3, 0.4) is 0 Å². The predicted octanol–water partition coefficient (Wildman–Crippen LogP) is 4.43. The molecular formula is C25H32N2O4. The van der Waals surface area contributed by atoms with E-state index < -0.39 is 0 Å². The van der Waals surface area contributed by atoms with Gasteiger partial charge < -0.3 is 19.7 Å². The predicted molar refractivity (Wildman–Crippen MR) is 121 cm³/mol. The molecule has 0 radical (unpaired) electrons. The molecule has 1 saturated heterocycles. The third-order valence-corrected chi connectivity index (χ3v) is 5.15. The summed E-state index contributed by atoms with van der Waals surface area (Å²) in [7, 11) is 0. The van der Waals surface area contributed by atoms with Crippen LogP contribution < -0.4 is 14.8 Å². The first-order chi connectivity index (χ1) is 15.1. The number of carbonyl (C=O) groups excluding carboxylic acids is 2. The minimum absolute atomic E-state index is 0.0612. The van der Waals surface area contributed by atoms with Crippen LogP contribution in [0.4, 0.5) is 0 Å². The maximum Gasteiger partial charge on any atom is 0.253 e. The fourth-order valence-corrected chi connectivity index (χ4v) is 3.51. The minimum atomic E-state index is -0.195. The molecule has 1 aliphatic heterocycles. The SMILES string of the molecule is CCCOc1ccc(C(=O)NCc2cccc(C(=O)N3CCCC3)c2)cc1OCCC. The topological polar surface area (TPSA) is 67.9 Å². The number of hydrogen-bond acceptors (Lipinski definition) is 4. The largest absolute Gasteiger partial charge is 0.490 e. The Kier molecular flexibility index (Phi) is 8.33. The number of rotatable bonds is 10. The van der Waals surface area contributed by atoms with E-state index in [4.69, 9.17) is 9.47 Å². The van der Waals surface area contributed by atoms with E-state index in [1.165, 1.54) is 0 Å². The summed E-state index contributed by atoms with van der Waals surface area (Å²) in [5.74, 6) is 1.10. The molecule has 1 heterocycles. The first kappa shape index (κ1) is 22.7. The van der Waals surface area contributed by atoms with Crippen LogP contribution in [0.2, 0.25) is 0 Å². The third kappa shape index (κ3) is 6.23. The molecule has 0 spiro atoms. The van der Waals surface area contributed by atoms with Crippen molar-refractivity contribution in [2.45, 2.75) is 46.1 Å². The van der Waals surface area contributed by atoms with Gasteiger partial charge in [-0.3, -0.25) is 9.59 Å². The Balaban J connectivity index is 1.64. The Hall–Kier alpha value is -3.02. The summed E-state index contributed by atoms with van der Waals surface area (Å²) < 4.78 is 11.5. The molecule has 3 rings (SSSR count). The van der Waals surface area contributed by atoms with E-state index in [0.29, 0.717) is 42.4 Å². The van der Waals surface area contributed by atoms with Gasteiger partial charge in [-0.2, -0.15) is 0 Å². The van der Waals surface area contributed by atoms with Crippen molar-refractivity contribution in [2.24, 2.45) is 0 Å². The molecule has 0 atom stereocenters. The zero-order chi connectivity index (χ0) is 22.1. The fraction of sp³-hybridized carbons (Fsp3) is 0.440. The van der Waals surface area contributed by atoms with Gasteiger partial charge >= 0.3 is 0 Å². The molecular weight excluding hydrogens is 392 g/mol. The van der Waals surface area contributed by atoms with Crippen LogP contribution in [0.1, 0.15) is 65.8 Å². The van der Waals surface area contributed by atoms with E-state index in [2.05, 4.69) is 5.32 Å². The van der Waals surface area contributed by atoms with E-state index in [1.54, 1.807) is 18.2 Å². The van der Waals surface area contributed by atoms with Gasteiger partial charge in [0.1, 0.15) is 0 Å². The Bertz CT molecular complexity index is 891. The number of carbonyl (C=O) groups is 2. The van der Waals surface area contributed by atoms with Gasteiger partial charge in [-0.05, 0) is 61.6 Å². The van der Waals surface area contributed by atoms with Crippen molar-refractivity contribution < 1.29 is 19.1 Å². The summed E-state index contributed by atoms with van der Waals surface area (Å²) in [6.07, 6.45) is 3.90. The molecule has 166 valence electrons. The first-order valence-corrected chi connectivity index (χ1v) is 11.2. The Morgan fingerprint density at radius 2 is 1.61 bits per heavy atom. The van der Waals surface area contributed by atoms with Gasteiger partial charge in [-0.1, -0.05) is 26.0 Å². The summed E-state index contributed by atoms with van der Waals surface area (Å²) in [6, 6.07) is 12.7. The van der Waals surface area contributed by atoms with Crippen molar-refractivity contribution >= 4 is 11.8 Å². The monoisotopic (exact) mass is 424 g/mol. The first-order valence-electron chi connectivity index (χ1n) is 11.2. The highest BCUT2D eigenvalue weighted by atomic mass is 16.5. The van der Waals surface area contributed by atoms with Crippen LogP contribution in [0, 0.1) is 0 Å². The zero-order valence-electron chi connectivity index (χ0n) is 18.5. The van der Waals surface area contributed by atoms with Gasteiger partial charge in [0.15, 0.2) is 11.5 Å². The molecule has 6 nitrogen and oxygen atoms in total. The molecule has 0 unspecified atom stereocenters. The summed E-state index contributed by atoms with van der Waals surface area (Å²) >= 11 is 0. The molecule has 1 aliphatic rings. The summed E-state index contributed by atoms with van der Waals surface area (Å²) in [5, 5.41) is 2.94. The summed E-state index contributed by atoms with van der Waals surface area (Å²) in [6.45, 7) is 7.22. The normalized spacial score (nSPS) is 13.2. The van der Waals surface area contributed by atoms with Crippen LogP contribution in [0.15, 0.2) is 42.5 Å². The van der Waals surface area contributed by atoms with Crippen molar-refractivity contribution in [2.75, 3.05) is 26.3 Å². The van der Waals surface area contributed by atoms with Crippen LogP contribution >= 0.6 is 0 Å². The van der Waals surface area contributed by atoms with Crippen LogP contribution in [-0.4, -0.2) is 43.0 Å². The number of hydrogen-bond donors (Lipinski definition) is 1. The number of likely N-dealkylation sites (tertiary alicyclic amines) is 1.